The molecule has 0 atom stereocenters. The van der Waals surface area contributed by atoms with Gasteiger partial charge in [-0.3, -0.25) is 4.79 Å². The van der Waals surface area contributed by atoms with E-state index in [2.05, 4.69) is 30.9 Å². The fraction of sp³-hybridized carbons (Fsp3) is 0.364. The van der Waals surface area contributed by atoms with Gasteiger partial charge in [-0.1, -0.05) is 17.4 Å². The van der Waals surface area contributed by atoms with Crippen LogP contribution in [0.15, 0.2) is 41.3 Å². The van der Waals surface area contributed by atoms with Crippen LogP contribution in [0.4, 0.5) is 5.13 Å². The number of aromatic nitrogens is 1. The molecule has 0 unspecified atom stereocenters. The zero-order valence-electron chi connectivity index (χ0n) is 17.8. The van der Waals surface area contributed by atoms with Crippen molar-refractivity contribution in [3.8, 4) is 5.75 Å². The first kappa shape index (κ1) is 21.6. The molecule has 1 aliphatic rings. The fourth-order valence-electron chi connectivity index (χ4n) is 3.77. The number of piperazine rings is 1. The predicted octanol–water partition coefficient (Wildman–Crippen LogP) is 3.04. The lowest BCUT2D eigenvalue weighted by Gasteiger charge is -2.34. The van der Waals surface area contributed by atoms with Crippen LogP contribution < -0.4 is 9.64 Å². The number of hydrogen-bond acceptors (Lipinski definition) is 7. The second-order valence-electron chi connectivity index (χ2n) is 7.73. The van der Waals surface area contributed by atoms with Crippen LogP contribution in [-0.4, -0.2) is 63.3 Å². The third kappa shape index (κ3) is 4.52. The molecular formula is C22H25N3O4S2. The van der Waals surface area contributed by atoms with Crippen molar-refractivity contribution in [1.82, 2.24) is 9.88 Å². The first-order valence-corrected chi connectivity index (χ1v) is 12.5. The monoisotopic (exact) mass is 459 g/mol. The van der Waals surface area contributed by atoms with Gasteiger partial charge in [0.2, 0.25) is 5.91 Å². The Bertz CT molecular complexity index is 1210. The van der Waals surface area contributed by atoms with Crippen molar-refractivity contribution in [2.24, 2.45) is 0 Å². The lowest BCUT2D eigenvalue weighted by molar-refractivity contribution is -0.128. The number of rotatable bonds is 5. The van der Waals surface area contributed by atoms with E-state index < -0.39 is 15.6 Å². The minimum atomic E-state index is -3.70. The molecule has 1 aromatic heterocycles. The average molecular weight is 460 g/mol. The molecule has 1 amide bonds. The number of amides is 1. The molecule has 1 aliphatic heterocycles. The van der Waals surface area contributed by atoms with Crippen molar-refractivity contribution >= 4 is 42.4 Å². The van der Waals surface area contributed by atoms with E-state index in [0.717, 1.165) is 10.6 Å². The van der Waals surface area contributed by atoms with Gasteiger partial charge < -0.3 is 14.5 Å². The molecule has 1 saturated heterocycles. The molecule has 0 aliphatic carbocycles. The average Bonchev–Trinajstić information content (AvgIpc) is 3.18. The van der Waals surface area contributed by atoms with Crippen LogP contribution in [0, 0.1) is 13.8 Å². The molecule has 2 aromatic carbocycles. The van der Waals surface area contributed by atoms with Crippen LogP contribution in [0.25, 0.3) is 10.2 Å². The molecule has 9 heteroatoms. The zero-order chi connectivity index (χ0) is 22.2. The number of hydrogen-bond donors (Lipinski definition) is 0. The summed E-state index contributed by atoms with van der Waals surface area (Å²) in [6.07, 6.45) is 0. The van der Waals surface area contributed by atoms with Crippen LogP contribution in [0.2, 0.25) is 0 Å². The largest absolute Gasteiger partial charge is 0.497 e. The van der Waals surface area contributed by atoms with E-state index in [0.29, 0.717) is 31.9 Å². The number of sulfone groups is 1. The number of anilines is 1. The van der Waals surface area contributed by atoms with Crippen molar-refractivity contribution in [3.63, 3.8) is 0 Å². The summed E-state index contributed by atoms with van der Waals surface area (Å²) in [5.74, 6) is -0.327. The topological polar surface area (TPSA) is 79.8 Å². The molecule has 3 aromatic rings. The molecule has 7 nitrogen and oxygen atoms in total. The summed E-state index contributed by atoms with van der Waals surface area (Å²) >= 11 is 1.66. The Hall–Kier alpha value is -2.65. The number of carbonyl (C=O) groups is 1. The number of carbonyl (C=O) groups excluding carboxylic acids is 1. The highest BCUT2D eigenvalue weighted by molar-refractivity contribution is 7.92. The lowest BCUT2D eigenvalue weighted by atomic mass is 10.1. The van der Waals surface area contributed by atoms with E-state index >= 15 is 0 Å². The molecular weight excluding hydrogens is 434 g/mol. The maximum Gasteiger partial charge on any atom is 0.238 e. The van der Waals surface area contributed by atoms with Gasteiger partial charge in [0.1, 0.15) is 11.5 Å². The first-order valence-electron chi connectivity index (χ1n) is 10.0. The van der Waals surface area contributed by atoms with E-state index in [1.807, 2.05) is 0 Å². The molecule has 1 fully saturated rings. The van der Waals surface area contributed by atoms with Crippen molar-refractivity contribution in [1.29, 1.82) is 0 Å². The van der Waals surface area contributed by atoms with Gasteiger partial charge in [-0.05, 0) is 55.3 Å². The van der Waals surface area contributed by atoms with Gasteiger partial charge in [0.25, 0.3) is 0 Å². The smallest absolute Gasteiger partial charge is 0.238 e. The van der Waals surface area contributed by atoms with E-state index in [4.69, 9.17) is 9.72 Å². The normalized spacial score (nSPS) is 14.8. The molecule has 4 rings (SSSR count). The van der Waals surface area contributed by atoms with Crippen molar-refractivity contribution in [3.05, 3.63) is 47.5 Å². The minimum absolute atomic E-state index is 0.125. The Labute approximate surface area is 186 Å². The highest BCUT2D eigenvalue weighted by atomic mass is 32.2. The molecule has 0 radical (unpaired) electrons. The summed E-state index contributed by atoms with van der Waals surface area (Å²) < 4.78 is 31.5. The Morgan fingerprint density at radius 1 is 1.10 bits per heavy atom. The summed E-state index contributed by atoms with van der Waals surface area (Å²) in [5, 5.41) is 0.946. The number of thiazole rings is 1. The second-order valence-corrected chi connectivity index (χ2v) is 10.7. The van der Waals surface area contributed by atoms with Crippen LogP contribution in [0.3, 0.4) is 0 Å². The van der Waals surface area contributed by atoms with Crippen LogP contribution in [-0.2, 0) is 14.6 Å². The SMILES string of the molecule is COc1ccc(S(=O)(=O)CC(=O)N2CCN(c3nc4cc(C)cc(C)c4s3)CC2)cc1. The highest BCUT2D eigenvalue weighted by Crippen LogP contribution is 2.32. The quantitative estimate of drug-likeness (QED) is 0.584. The lowest BCUT2D eigenvalue weighted by Crippen LogP contribution is -2.50. The van der Waals surface area contributed by atoms with Gasteiger partial charge in [-0.15, -0.1) is 0 Å². The standard InChI is InChI=1S/C22H25N3O4S2/c1-15-12-16(2)21-19(13-15)23-22(30-21)25-10-8-24(9-11-25)20(26)14-31(27,28)18-6-4-17(29-3)5-7-18/h4-7,12-13H,8-11,14H2,1-3H3. The summed E-state index contributed by atoms with van der Waals surface area (Å²) in [6, 6.07) is 10.3. The Morgan fingerprint density at radius 2 is 1.77 bits per heavy atom. The molecule has 2 heterocycles. The number of ether oxygens (including phenoxy) is 1. The molecule has 31 heavy (non-hydrogen) atoms. The summed E-state index contributed by atoms with van der Waals surface area (Å²) in [5.41, 5.74) is 3.41. The molecule has 0 N–H and O–H groups in total. The Morgan fingerprint density at radius 3 is 2.42 bits per heavy atom. The van der Waals surface area contributed by atoms with E-state index in [1.165, 1.54) is 35.1 Å². The maximum atomic E-state index is 12.7. The number of aryl methyl sites for hydroxylation is 2. The predicted molar refractivity (Wildman–Crippen MR) is 123 cm³/mol. The van der Waals surface area contributed by atoms with Gasteiger partial charge >= 0.3 is 0 Å². The van der Waals surface area contributed by atoms with Gasteiger partial charge in [0, 0.05) is 26.2 Å². The molecule has 0 bridgehead atoms. The third-order valence-electron chi connectivity index (χ3n) is 5.44. The van der Waals surface area contributed by atoms with Gasteiger partial charge in [-0.2, -0.15) is 0 Å². The number of benzene rings is 2. The molecule has 0 spiro atoms. The number of nitrogens with zero attached hydrogens (tertiary/aromatic N) is 3. The number of fused-ring (bicyclic) bond motifs is 1. The fourth-order valence-corrected chi connectivity index (χ4v) is 6.06. The Kier molecular flexibility index (Phi) is 5.90. The third-order valence-corrected chi connectivity index (χ3v) is 8.33. The van der Waals surface area contributed by atoms with E-state index in [-0.39, 0.29) is 10.8 Å². The van der Waals surface area contributed by atoms with E-state index in [9.17, 15) is 13.2 Å². The van der Waals surface area contributed by atoms with Gasteiger partial charge in [-0.25, -0.2) is 13.4 Å². The maximum absolute atomic E-state index is 12.7. The number of methoxy groups -OCH3 is 1. The van der Waals surface area contributed by atoms with Crippen LogP contribution in [0.1, 0.15) is 11.1 Å². The van der Waals surface area contributed by atoms with Crippen molar-refractivity contribution in [2.75, 3.05) is 43.9 Å². The van der Waals surface area contributed by atoms with Crippen molar-refractivity contribution in [2.45, 2.75) is 18.7 Å². The van der Waals surface area contributed by atoms with Crippen LogP contribution >= 0.6 is 11.3 Å². The van der Waals surface area contributed by atoms with Gasteiger partial charge in [0.05, 0.1) is 22.2 Å². The second kappa shape index (κ2) is 8.47. The summed E-state index contributed by atoms with van der Waals surface area (Å²) in [7, 11) is -2.18. The van der Waals surface area contributed by atoms with Crippen molar-refractivity contribution < 1.29 is 17.9 Å². The molecule has 0 saturated carbocycles. The minimum Gasteiger partial charge on any atom is -0.497 e. The van der Waals surface area contributed by atoms with Crippen LogP contribution in [0.5, 0.6) is 5.75 Å². The zero-order valence-corrected chi connectivity index (χ0v) is 19.4. The highest BCUT2D eigenvalue weighted by Gasteiger charge is 2.27. The van der Waals surface area contributed by atoms with Gasteiger partial charge in [0.15, 0.2) is 15.0 Å². The van der Waals surface area contributed by atoms with E-state index in [1.54, 1.807) is 28.4 Å². The molecule has 164 valence electrons. The summed E-state index contributed by atoms with van der Waals surface area (Å²) in [4.78, 5) is 21.4. The first-order chi connectivity index (χ1) is 14.8. The summed E-state index contributed by atoms with van der Waals surface area (Å²) in [6.45, 7) is 6.38. The Balaban J connectivity index is 1.40.